The van der Waals surface area contributed by atoms with Gasteiger partial charge in [0.15, 0.2) is 0 Å². The molecule has 4 nitrogen and oxygen atoms in total. The van der Waals surface area contributed by atoms with Gasteiger partial charge in [-0.2, -0.15) is 0 Å². The molecule has 19 heavy (non-hydrogen) atoms. The van der Waals surface area contributed by atoms with Gasteiger partial charge in [-0.25, -0.2) is 4.79 Å². The van der Waals surface area contributed by atoms with Crippen molar-refractivity contribution in [1.82, 2.24) is 10.6 Å². The quantitative estimate of drug-likeness (QED) is 0.795. The zero-order valence-electron chi connectivity index (χ0n) is 10.7. The van der Waals surface area contributed by atoms with Crippen LogP contribution in [-0.2, 0) is 6.54 Å². The summed E-state index contributed by atoms with van der Waals surface area (Å²) < 4.78 is 1.02. The maximum absolute atomic E-state index is 11.6. The molecule has 0 aromatic heterocycles. The normalized spacial score (nSPS) is 22.2. The van der Waals surface area contributed by atoms with Crippen LogP contribution in [0.2, 0.25) is 0 Å². The Morgan fingerprint density at radius 3 is 2.63 bits per heavy atom. The first-order chi connectivity index (χ1) is 9.15. The molecule has 1 saturated carbocycles. The number of hydrogen-bond acceptors (Lipinski definition) is 2. The van der Waals surface area contributed by atoms with Crippen molar-refractivity contribution >= 4 is 22.0 Å². The zero-order chi connectivity index (χ0) is 13.7. The van der Waals surface area contributed by atoms with Gasteiger partial charge in [-0.1, -0.05) is 34.5 Å². The summed E-state index contributed by atoms with van der Waals surface area (Å²) in [6, 6.07) is 7.64. The summed E-state index contributed by atoms with van der Waals surface area (Å²) in [6.45, 7) is 1.06. The first kappa shape index (κ1) is 14.3. The lowest BCUT2D eigenvalue weighted by molar-refractivity contribution is 0.132. The van der Waals surface area contributed by atoms with Gasteiger partial charge in [-0.3, -0.25) is 0 Å². The molecule has 0 spiro atoms. The van der Waals surface area contributed by atoms with E-state index in [1.165, 1.54) is 0 Å². The fraction of sp³-hybridized carbons (Fsp3) is 0.500. The molecule has 2 rings (SSSR count). The Bertz CT molecular complexity index is 422. The van der Waals surface area contributed by atoms with Gasteiger partial charge in [0.2, 0.25) is 0 Å². The molecule has 1 aromatic carbocycles. The standard InChI is InChI=1S/C14H19BrN2O2/c15-12-6-4-10(5-7-12)8-16-14(19)17-9-11-2-1-3-13(11)18/h4-7,11,13,18H,1-3,8-9H2,(H2,16,17,19)/t11-,13-/m1/s1. The van der Waals surface area contributed by atoms with Crippen LogP contribution >= 0.6 is 15.9 Å². The summed E-state index contributed by atoms with van der Waals surface area (Å²) in [4.78, 5) is 11.6. The van der Waals surface area contributed by atoms with E-state index in [0.29, 0.717) is 13.1 Å². The van der Waals surface area contributed by atoms with Crippen molar-refractivity contribution < 1.29 is 9.90 Å². The van der Waals surface area contributed by atoms with E-state index in [2.05, 4.69) is 26.6 Å². The molecule has 104 valence electrons. The first-order valence-corrected chi connectivity index (χ1v) is 7.38. The molecule has 2 amide bonds. The topological polar surface area (TPSA) is 61.4 Å². The Kier molecular flexibility index (Phi) is 5.22. The summed E-state index contributed by atoms with van der Waals surface area (Å²) in [5, 5.41) is 15.3. The van der Waals surface area contributed by atoms with E-state index in [1.807, 2.05) is 24.3 Å². The van der Waals surface area contributed by atoms with E-state index in [1.54, 1.807) is 0 Å². The van der Waals surface area contributed by atoms with Gasteiger partial charge < -0.3 is 15.7 Å². The van der Waals surface area contributed by atoms with E-state index in [-0.39, 0.29) is 18.1 Å². The Hall–Kier alpha value is -1.07. The molecular weight excluding hydrogens is 308 g/mol. The van der Waals surface area contributed by atoms with E-state index in [0.717, 1.165) is 29.3 Å². The molecule has 0 heterocycles. The predicted molar refractivity (Wildman–Crippen MR) is 77.7 cm³/mol. The lowest BCUT2D eigenvalue weighted by Crippen LogP contribution is -2.39. The molecule has 0 aliphatic heterocycles. The van der Waals surface area contributed by atoms with Crippen LogP contribution in [0.3, 0.4) is 0 Å². The largest absolute Gasteiger partial charge is 0.393 e. The number of nitrogens with one attached hydrogen (secondary N) is 2. The highest BCUT2D eigenvalue weighted by molar-refractivity contribution is 9.10. The van der Waals surface area contributed by atoms with Crippen LogP contribution in [0.4, 0.5) is 4.79 Å². The van der Waals surface area contributed by atoms with Gasteiger partial charge >= 0.3 is 6.03 Å². The average molecular weight is 327 g/mol. The molecule has 5 heteroatoms. The minimum atomic E-state index is -0.258. The van der Waals surface area contributed by atoms with Gasteiger partial charge in [-0.05, 0) is 30.5 Å². The summed E-state index contributed by atoms with van der Waals surface area (Å²) in [5.41, 5.74) is 1.05. The lowest BCUT2D eigenvalue weighted by atomic mass is 10.1. The van der Waals surface area contributed by atoms with Crippen LogP contribution < -0.4 is 10.6 Å². The molecule has 1 aliphatic carbocycles. The van der Waals surface area contributed by atoms with Gasteiger partial charge in [0.25, 0.3) is 0 Å². The van der Waals surface area contributed by atoms with Crippen molar-refractivity contribution in [1.29, 1.82) is 0 Å². The Balaban J connectivity index is 1.68. The van der Waals surface area contributed by atoms with Crippen molar-refractivity contribution in [3.63, 3.8) is 0 Å². The number of halogens is 1. The zero-order valence-corrected chi connectivity index (χ0v) is 12.3. The van der Waals surface area contributed by atoms with E-state index in [4.69, 9.17) is 0 Å². The average Bonchev–Trinajstić information content (AvgIpc) is 2.81. The van der Waals surface area contributed by atoms with Crippen LogP contribution in [0, 0.1) is 5.92 Å². The molecule has 0 bridgehead atoms. The van der Waals surface area contributed by atoms with E-state index in [9.17, 15) is 9.90 Å². The fourth-order valence-electron chi connectivity index (χ4n) is 2.33. The number of benzene rings is 1. The third-order valence-electron chi connectivity index (χ3n) is 3.51. The summed E-state index contributed by atoms with van der Waals surface area (Å²) in [6.07, 6.45) is 2.64. The molecule has 0 radical (unpaired) electrons. The second kappa shape index (κ2) is 6.91. The number of carbonyl (C=O) groups excluding carboxylic acids is 1. The second-order valence-corrected chi connectivity index (χ2v) is 5.86. The fourth-order valence-corrected chi connectivity index (χ4v) is 2.59. The third-order valence-corrected chi connectivity index (χ3v) is 4.04. The van der Waals surface area contributed by atoms with Crippen molar-refractivity contribution in [3.05, 3.63) is 34.3 Å². The lowest BCUT2D eigenvalue weighted by Gasteiger charge is -2.15. The van der Waals surface area contributed by atoms with E-state index < -0.39 is 0 Å². The van der Waals surface area contributed by atoms with Gasteiger partial charge in [0.05, 0.1) is 6.10 Å². The maximum Gasteiger partial charge on any atom is 0.315 e. The Morgan fingerprint density at radius 1 is 1.26 bits per heavy atom. The number of hydrogen-bond donors (Lipinski definition) is 3. The molecule has 1 fully saturated rings. The number of urea groups is 1. The monoisotopic (exact) mass is 326 g/mol. The SMILES string of the molecule is O=C(NCc1ccc(Br)cc1)NC[C@H]1CCC[C@H]1O. The van der Waals surface area contributed by atoms with Crippen LogP contribution in [0.15, 0.2) is 28.7 Å². The highest BCUT2D eigenvalue weighted by Crippen LogP contribution is 2.24. The number of aliphatic hydroxyl groups is 1. The molecule has 1 aliphatic rings. The Morgan fingerprint density at radius 2 is 2.00 bits per heavy atom. The van der Waals surface area contributed by atoms with Crippen molar-refractivity contribution in [2.24, 2.45) is 5.92 Å². The second-order valence-electron chi connectivity index (χ2n) is 4.95. The smallest absolute Gasteiger partial charge is 0.315 e. The summed E-state index contributed by atoms with van der Waals surface area (Å²) in [5.74, 6) is 0.207. The highest BCUT2D eigenvalue weighted by Gasteiger charge is 2.25. The third kappa shape index (κ3) is 4.51. The first-order valence-electron chi connectivity index (χ1n) is 6.59. The van der Waals surface area contributed by atoms with Gasteiger partial charge in [-0.15, -0.1) is 0 Å². The van der Waals surface area contributed by atoms with Crippen molar-refractivity contribution in [2.45, 2.75) is 31.9 Å². The van der Waals surface area contributed by atoms with Gasteiger partial charge in [0.1, 0.15) is 0 Å². The molecule has 2 atom stereocenters. The molecular formula is C14H19BrN2O2. The van der Waals surface area contributed by atoms with Crippen LogP contribution in [0.5, 0.6) is 0 Å². The summed E-state index contributed by atoms with van der Waals surface area (Å²) >= 11 is 3.37. The van der Waals surface area contributed by atoms with Crippen molar-refractivity contribution in [3.8, 4) is 0 Å². The minimum Gasteiger partial charge on any atom is -0.393 e. The molecule has 3 N–H and O–H groups in total. The number of aliphatic hydroxyl groups excluding tert-OH is 1. The number of carbonyl (C=O) groups is 1. The molecule has 1 aromatic rings. The number of amides is 2. The summed E-state index contributed by atoms with van der Waals surface area (Å²) in [7, 11) is 0. The maximum atomic E-state index is 11.6. The number of rotatable bonds is 4. The van der Waals surface area contributed by atoms with Crippen LogP contribution in [0.1, 0.15) is 24.8 Å². The molecule has 0 unspecified atom stereocenters. The van der Waals surface area contributed by atoms with E-state index >= 15 is 0 Å². The highest BCUT2D eigenvalue weighted by atomic mass is 79.9. The van der Waals surface area contributed by atoms with Crippen LogP contribution in [0.25, 0.3) is 0 Å². The molecule has 0 saturated heterocycles. The predicted octanol–water partition coefficient (Wildman–Crippen LogP) is 2.41. The minimum absolute atomic E-state index is 0.179. The Labute approximate surface area is 121 Å². The van der Waals surface area contributed by atoms with Crippen molar-refractivity contribution in [2.75, 3.05) is 6.54 Å². The van der Waals surface area contributed by atoms with Crippen LogP contribution in [-0.4, -0.2) is 23.8 Å². The van der Waals surface area contributed by atoms with Gasteiger partial charge in [0, 0.05) is 23.5 Å².